The SMILES string of the molecule is NC1CCC(C(=O)N2CCCCCC2CO)CC1. The summed E-state index contributed by atoms with van der Waals surface area (Å²) in [5, 5.41) is 9.46. The maximum absolute atomic E-state index is 12.6. The molecule has 1 heterocycles. The molecule has 4 nitrogen and oxygen atoms in total. The number of carbonyl (C=O) groups is 1. The Bertz CT molecular complexity index is 275. The van der Waals surface area contributed by atoms with Crippen LogP contribution in [-0.4, -0.2) is 41.1 Å². The first-order chi connectivity index (χ1) is 8.72. The molecule has 4 heteroatoms. The summed E-state index contributed by atoms with van der Waals surface area (Å²) >= 11 is 0. The lowest BCUT2D eigenvalue weighted by atomic mass is 9.85. The average Bonchev–Trinajstić information content (AvgIpc) is 2.63. The fourth-order valence-corrected chi connectivity index (χ4v) is 3.26. The summed E-state index contributed by atoms with van der Waals surface area (Å²) < 4.78 is 0. The van der Waals surface area contributed by atoms with Crippen molar-refractivity contribution >= 4 is 5.91 Å². The van der Waals surface area contributed by atoms with Gasteiger partial charge in [-0.3, -0.25) is 4.79 Å². The molecular formula is C14H26N2O2. The minimum atomic E-state index is 0.0515. The van der Waals surface area contributed by atoms with Gasteiger partial charge in [0.15, 0.2) is 0 Å². The molecule has 0 radical (unpaired) electrons. The zero-order valence-electron chi connectivity index (χ0n) is 11.2. The lowest BCUT2D eigenvalue weighted by molar-refractivity contribution is -0.139. The molecule has 1 atom stereocenters. The number of nitrogens with zero attached hydrogens (tertiary/aromatic N) is 1. The second-order valence-corrected chi connectivity index (χ2v) is 5.83. The molecule has 1 amide bonds. The number of nitrogens with two attached hydrogens (primary N) is 1. The Balaban J connectivity index is 1.96. The number of aliphatic hydroxyl groups excluding tert-OH is 1. The van der Waals surface area contributed by atoms with Gasteiger partial charge in [0.1, 0.15) is 0 Å². The van der Waals surface area contributed by atoms with Gasteiger partial charge in [0.05, 0.1) is 12.6 Å². The van der Waals surface area contributed by atoms with Crippen LogP contribution in [0.1, 0.15) is 51.4 Å². The Morgan fingerprint density at radius 2 is 1.83 bits per heavy atom. The number of rotatable bonds is 2. The fraction of sp³-hybridized carbons (Fsp3) is 0.929. The van der Waals surface area contributed by atoms with Gasteiger partial charge in [-0.15, -0.1) is 0 Å². The largest absolute Gasteiger partial charge is 0.394 e. The third-order valence-corrected chi connectivity index (χ3v) is 4.49. The molecule has 2 aliphatic rings. The van der Waals surface area contributed by atoms with Crippen LogP contribution in [0, 0.1) is 5.92 Å². The number of likely N-dealkylation sites (tertiary alicyclic amines) is 1. The first-order valence-corrected chi connectivity index (χ1v) is 7.39. The van der Waals surface area contributed by atoms with Crippen LogP contribution < -0.4 is 5.73 Å². The molecular weight excluding hydrogens is 228 g/mol. The van der Waals surface area contributed by atoms with Gasteiger partial charge in [0.25, 0.3) is 0 Å². The van der Waals surface area contributed by atoms with E-state index < -0.39 is 0 Å². The van der Waals surface area contributed by atoms with Crippen molar-refractivity contribution in [2.45, 2.75) is 63.5 Å². The van der Waals surface area contributed by atoms with E-state index in [1.807, 2.05) is 4.90 Å². The number of aliphatic hydroxyl groups is 1. The van der Waals surface area contributed by atoms with Crippen molar-refractivity contribution in [2.24, 2.45) is 11.7 Å². The molecule has 0 aromatic heterocycles. The van der Waals surface area contributed by atoms with Crippen molar-refractivity contribution in [1.29, 1.82) is 0 Å². The van der Waals surface area contributed by atoms with Crippen molar-refractivity contribution < 1.29 is 9.90 Å². The highest BCUT2D eigenvalue weighted by Gasteiger charge is 2.32. The van der Waals surface area contributed by atoms with E-state index in [0.717, 1.165) is 51.5 Å². The van der Waals surface area contributed by atoms with Crippen molar-refractivity contribution in [1.82, 2.24) is 4.90 Å². The van der Waals surface area contributed by atoms with Crippen molar-refractivity contribution in [3.05, 3.63) is 0 Å². The van der Waals surface area contributed by atoms with Crippen LogP contribution >= 0.6 is 0 Å². The predicted molar refractivity (Wildman–Crippen MR) is 71.0 cm³/mol. The van der Waals surface area contributed by atoms with Crippen LogP contribution in [-0.2, 0) is 4.79 Å². The highest BCUT2D eigenvalue weighted by atomic mass is 16.3. The van der Waals surface area contributed by atoms with Crippen LogP contribution in [0.25, 0.3) is 0 Å². The van der Waals surface area contributed by atoms with E-state index in [1.54, 1.807) is 0 Å². The predicted octanol–water partition coefficient (Wildman–Crippen LogP) is 1.27. The Kier molecular flexibility index (Phi) is 5.01. The molecule has 0 bridgehead atoms. The summed E-state index contributed by atoms with van der Waals surface area (Å²) in [6, 6.07) is 0.336. The zero-order chi connectivity index (χ0) is 13.0. The number of hydrogen-bond acceptors (Lipinski definition) is 3. The van der Waals surface area contributed by atoms with Gasteiger partial charge in [0, 0.05) is 18.5 Å². The highest BCUT2D eigenvalue weighted by molar-refractivity contribution is 5.79. The van der Waals surface area contributed by atoms with E-state index in [4.69, 9.17) is 5.73 Å². The summed E-state index contributed by atoms with van der Waals surface area (Å²) in [6.07, 6.45) is 8.12. The molecule has 2 fully saturated rings. The van der Waals surface area contributed by atoms with Crippen LogP contribution in [0.2, 0.25) is 0 Å². The molecule has 18 heavy (non-hydrogen) atoms. The van der Waals surface area contributed by atoms with Crippen LogP contribution in [0.15, 0.2) is 0 Å². The summed E-state index contributed by atoms with van der Waals surface area (Å²) in [5.74, 6) is 0.416. The van der Waals surface area contributed by atoms with E-state index in [1.165, 1.54) is 6.42 Å². The van der Waals surface area contributed by atoms with Gasteiger partial charge in [0.2, 0.25) is 5.91 Å². The van der Waals surface area contributed by atoms with E-state index in [0.29, 0.717) is 0 Å². The highest BCUT2D eigenvalue weighted by Crippen LogP contribution is 2.27. The molecule has 1 saturated carbocycles. The topological polar surface area (TPSA) is 66.6 Å². The molecule has 2 rings (SSSR count). The van der Waals surface area contributed by atoms with Crippen molar-refractivity contribution in [2.75, 3.05) is 13.2 Å². The second-order valence-electron chi connectivity index (χ2n) is 5.83. The van der Waals surface area contributed by atoms with Gasteiger partial charge in [-0.1, -0.05) is 12.8 Å². The van der Waals surface area contributed by atoms with Crippen molar-refractivity contribution in [3.63, 3.8) is 0 Å². The van der Waals surface area contributed by atoms with E-state index in [9.17, 15) is 9.90 Å². The molecule has 1 saturated heterocycles. The van der Waals surface area contributed by atoms with Crippen molar-refractivity contribution in [3.8, 4) is 0 Å². The van der Waals surface area contributed by atoms with E-state index >= 15 is 0 Å². The fourth-order valence-electron chi connectivity index (χ4n) is 3.26. The normalized spacial score (nSPS) is 34.1. The number of hydrogen-bond donors (Lipinski definition) is 2. The first kappa shape index (κ1) is 13.8. The monoisotopic (exact) mass is 254 g/mol. The quantitative estimate of drug-likeness (QED) is 0.780. The molecule has 3 N–H and O–H groups in total. The summed E-state index contributed by atoms with van der Waals surface area (Å²) in [4.78, 5) is 14.5. The minimum Gasteiger partial charge on any atom is -0.394 e. The zero-order valence-corrected chi connectivity index (χ0v) is 11.2. The molecule has 104 valence electrons. The molecule has 0 aromatic carbocycles. The van der Waals surface area contributed by atoms with Gasteiger partial charge >= 0.3 is 0 Å². The average molecular weight is 254 g/mol. The summed E-state index contributed by atoms with van der Waals surface area (Å²) in [7, 11) is 0. The Labute approximate surface area is 110 Å². The standard InChI is InChI=1S/C14H26N2O2/c15-12-7-5-11(6-8-12)14(18)16-9-3-1-2-4-13(16)10-17/h11-13,17H,1-10,15H2. The maximum atomic E-state index is 12.6. The number of carbonyl (C=O) groups excluding carboxylic acids is 1. The number of amides is 1. The third-order valence-electron chi connectivity index (χ3n) is 4.49. The Morgan fingerprint density at radius 3 is 2.50 bits per heavy atom. The van der Waals surface area contributed by atoms with Gasteiger partial charge in [-0.25, -0.2) is 0 Å². The van der Waals surface area contributed by atoms with Crippen LogP contribution in [0.3, 0.4) is 0 Å². The Morgan fingerprint density at radius 1 is 1.11 bits per heavy atom. The van der Waals surface area contributed by atoms with E-state index in [2.05, 4.69) is 0 Å². The molecule has 1 unspecified atom stereocenters. The molecule has 0 spiro atoms. The lowest BCUT2D eigenvalue weighted by Crippen LogP contribution is -2.46. The summed E-state index contributed by atoms with van der Waals surface area (Å²) in [5.41, 5.74) is 5.89. The van der Waals surface area contributed by atoms with Gasteiger partial charge < -0.3 is 15.7 Å². The summed E-state index contributed by atoms with van der Waals surface area (Å²) in [6.45, 7) is 0.935. The second kappa shape index (κ2) is 6.53. The van der Waals surface area contributed by atoms with Gasteiger partial charge in [-0.2, -0.15) is 0 Å². The van der Waals surface area contributed by atoms with Crippen LogP contribution in [0.5, 0.6) is 0 Å². The first-order valence-electron chi connectivity index (χ1n) is 7.39. The molecule has 1 aliphatic heterocycles. The maximum Gasteiger partial charge on any atom is 0.226 e. The van der Waals surface area contributed by atoms with E-state index in [-0.39, 0.29) is 30.5 Å². The van der Waals surface area contributed by atoms with Gasteiger partial charge in [-0.05, 0) is 38.5 Å². The minimum absolute atomic E-state index is 0.0515. The smallest absolute Gasteiger partial charge is 0.226 e. The Hall–Kier alpha value is -0.610. The molecule has 0 aromatic rings. The third kappa shape index (κ3) is 3.23. The molecule has 1 aliphatic carbocycles. The lowest BCUT2D eigenvalue weighted by Gasteiger charge is -2.34. The van der Waals surface area contributed by atoms with Crippen LogP contribution in [0.4, 0.5) is 0 Å².